The van der Waals surface area contributed by atoms with Crippen molar-refractivity contribution in [3.8, 4) is 0 Å². The minimum Gasteiger partial charge on any atom is -0.293 e. The highest BCUT2D eigenvalue weighted by Crippen LogP contribution is 2.03. The second-order valence-electron chi connectivity index (χ2n) is 2.30. The lowest BCUT2D eigenvalue weighted by Crippen LogP contribution is -2.12. The van der Waals surface area contributed by atoms with Crippen LogP contribution >= 0.6 is 0 Å². The van der Waals surface area contributed by atoms with Crippen LogP contribution in [0.25, 0.3) is 0 Å². The summed E-state index contributed by atoms with van der Waals surface area (Å²) in [5.41, 5.74) is 0.565. The highest BCUT2D eigenvalue weighted by molar-refractivity contribution is 5.83. The lowest BCUT2D eigenvalue weighted by molar-refractivity contribution is -0.128. The smallest absolute Gasteiger partial charge is 0.293 e. The molecular weight excluding hydrogens is 164 g/mol. The molecule has 0 atom stereocenters. The lowest BCUT2D eigenvalue weighted by Gasteiger charge is -1.97. The van der Waals surface area contributed by atoms with Gasteiger partial charge in [-0.3, -0.25) is 9.78 Å². The molecule has 0 aromatic carbocycles. The Bertz CT molecular complexity index is 261. The first kappa shape index (κ1) is 8.77. The molecule has 1 heterocycles. The van der Waals surface area contributed by atoms with Crippen LogP contribution in [0.1, 0.15) is 5.56 Å². The minimum absolute atomic E-state index is 0.222. The van der Waals surface area contributed by atoms with Crippen LogP contribution in [0.2, 0.25) is 0 Å². The molecule has 0 N–H and O–H groups in total. The SMILES string of the molecule is O=C(Cc1ccncc1)C(F)F. The standard InChI is InChI=1S/C8H7F2NO/c9-8(10)7(12)5-6-1-3-11-4-2-6/h1-4,8H,5H2. The second-order valence-corrected chi connectivity index (χ2v) is 2.30. The van der Waals surface area contributed by atoms with Crippen LogP contribution in [0.3, 0.4) is 0 Å². The van der Waals surface area contributed by atoms with E-state index in [1.807, 2.05) is 0 Å². The number of aromatic nitrogens is 1. The summed E-state index contributed by atoms with van der Waals surface area (Å²) in [6.45, 7) is 0. The summed E-state index contributed by atoms with van der Waals surface area (Å²) < 4.78 is 23.5. The molecule has 0 saturated carbocycles. The molecule has 0 amide bonds. The Balaban J connectivity index is 2.59. The molecule has 0 spiro atoms. The van der Waals surface area contributed by atoms with Crippen LogP contribution in [0.4, 0.5) is 8.78 Å². The van der Waals surface area contributed by atoms with Gasteiger partial charge in [-0.05, 0) is 17.7 Å². The molecule has 0 bridgehead atoms. The summed E-state index contributed by atoms with van der Waals surface area (Å²) in [6, 6.07) is 3.08. The molecule has 64 valence electrons. The molecule has 2 nitrogen and oxygen atoms in total. The van der Waals surface area contributed by atoms with Gasteiger partial charge in [-0.1, -0.05) is 0 Å². The normalized spacial score (nSPS) is 10.2. The van der Waals surface area contributed by atoms with Crippen molar-refractivity contribution in [1.82, 2.24) is 4.98 Å². The molecule has 1 aromatic heterocycles. The number of ketones is 1. The zero-order valence-electron chi connectivity index (χ0n) is 6.21. The molecule has 4 heteroatoms. The number of halogens is 2. The molecule has 0 radical (unpaired) electrons. The summed E-state index contributed by atoms with van der Waals surface area (Å²) >= 11 is 0. The Morgan fingerprint density at radius 3 is 2.50 bits per heavy atom. The van der Waals surface area contributed by atoms with Crippen molar-refractivity contribution in [3.63, 3.8) is 0 Å². The third-order valence-corrected chi connectivity index (χ3v) is 1.37. The Hall–Kier alpha value is -1.32. The minimum atomic E-state index is -2.88. The number of rotatable bonds is 3. The topological polar surface area (TPSA) is 30.0 Å². The van der Waals surface area contributed by atoms with Gasteiger partial charge in [0.1, 0.15) is 0 Å². The van der Waals surface area contributed by atoms with Crippen molar-refractivity contribution in [2.45, 2.75) is 12.8 Å². The van der Waals surface area contributed by atoms with Crippen LogP contribution in [0.5, 0.6) is 0 Å². The fourth-order valence-corrected chi connectivity index (χ4v) is 0.779. The van der Waals surface area contributed by atoms with Crippen molar-refractivity contribution in [1.29, 1.82) is 0 Å². The van der Waals surface area contributed by atoms with Crippen LogP contribution in [-0.2, 0) is 11.2 Å². The average Bonchev–Trinajstić information content (AvgIpc) is 2.06. The molecule has 1 rings (SSSR count). The Labute approximate surface area is 68.2 Å². The third-order valence-electron chi connectivity index (χ3n) is 1.37. The fraction of sp³-hybridized carbons (Fsp3) is 0.250. The molecule has 0 unspecified atom stereocenters. The molecule has 0 aliphatic carbocycles. The summed E-state index contributed by atoms with van der Waals surface area (Å²) in [5.74, 6) is -1.05. The first-order valence-electron chi connectivity index (χ1n) is 3.40. The van der Waals surface area contributed by atoms with E-state index in [4.69, 9.17) is 0 Å². The van der Waals surface area contributed by atoms with Crippen molar-refractivity contribution in [2.75, 3.05) is 0 Å². The molecular formula is C8H7F2NO. The molecule has 0 saturated heterocycles. The Kier molecular flexibility index (Phi) is 2.85. The van der Waals surface area contributed by atoms with E-state index in [0.29, 0.717) is 5.56 Å². The van der Waals surface area contributed by atoms with Gasteiger partial charge in [-0.15, -0.1) is 0 Å². The van der Waals surface area contributed by atoms with Gasteiger partial charge in [0.15, 0.2) is 0 Å². The van der Waals surface area contributed by atoms with E-state index in [9.17, 15) is 13.6 Å². The van der Waals surface area contributed by atoms with E-state index < -0.39 is 12.2 Å². The van der Waals surface area contributed by atoms with Crippen LogP contribution in [0, 0.1) is 0 Å². The molecule has 0 aliphatic heterocycles. The summed E-state index contributed by atoms with van der Waals surface area (Å²) in [5, 5.41) is 0. The maximum Gasteiger partial charge on any atom is 0.296 e. The predicted octanol–water partition coefficient (Wildman–Crippen LogP) is 1.46. The highest BCUT2D eigenvalue weighted by Gasteiger charge is 2.14. The van der Waals surface area contributed by atoms with Crippen LogP contribution in [-0.4, -0.2) is 17.2 Å². The van der Waals surface area contributed by atoms with Gasteiger partial charge < -0.3 is 0 Å². The molecule has 0 aliphatic rings. The van der Waals surface area contributed by atoms with Gasteiger partial charge in [0.2, 0.25) is 5.78 Å². The molecule has 12 heavy (non-hydrogen) atoms. The van der Waals surface area contributed by atoms with E-state index in [-0.39, 0.29) is 6.42 Å². The van der Waals surface area contributed by atoms with E-state index >= 15 is 0 Å². The van der Waals surface area contributed by atoms with Crippen molar-refractivity contribution in [3.05, 3.63) is 30.1 Å². The fourth-order valence-electron chi connectivity index (χ4n) is 0.779. The maximum absolute atomic E-state index is 11.7. The second kappa shape index (κ2) is 3.90. The van der Waals surface area contributed by atoms with Crippen molar-refractivity contribution >= 4 is 5.78 Å². The van der Waals surface area contributed by atoms with Gasteiger partial charge in [-0.2, -0.15) is 0 Å². The van der Waals surface area contributed by atoms with Gasteiger partial charge in [0.25, 0.3) is 6.43 Å². The van der Waals surface area contributed by atoms with Gasteiger partial charge in [0.05, 0.1) is 0 Å². The Morgan fingerprint density at radius 2 is 2.00 bits per heavy atom. The lowest BCUT2D eigenvalue weighted by atomic mass is 10.1. The Morgan fingerprint density at radius 1 is 1.42 bits per heavy atom. The van der Waals surface area contributed by atoms with Crippen molar-refractivity contribution < 1.29 is 13.6 Å². The quantitative estimate of drug-likeness (QED) is 0.689. The molecule has 0 fully saturated rings. The van der Waals surface area contributed by atoms with E-state index in [2.05, 4.69) is 4.98 Å². The number of pyridine rings is 1. The van der Waals surface area contributed by atoms with E-state index in [1.165, 1.54) is 12.4 Å². The van der Waals surface area contributed by atoms with Gasteiger partial charge in [-0.25, -0.2) is 8.78 Å². The zero-order valence-corrected chi connectivity index (χ0v) is 6.21. The van der Waals surface area contributed by atoms with Crippen LogP contribution < -0.4 is 0 Å². The van der Waals surface area contributed by atoms with E-state index in [1.54, 1.807) is 12.1 Å². The monoisotopic (exact) mass is 171 g/mol. The third kappa shape index (κ3) is 2.38. The number of hydrogen-bond acceptors (Lipinski definition) is 2. The average molecular weight is 171 g/mol. The van der Waals surface area contributed by atoms with E-state index in [0.717, 1.165) is 0 Å². The first-order chi connectivity index (χ1) is 5.70. The number of hydrogen-bond donors (Lipinski definition) is 0. The predicted molar refractivity (Wildman–Crippen MR) is 39.0 cm³/mol. The number of carbonyl (C=O) groups excluding carboxylic acids is 1. The number of carbonyl (C=O) groups is 1. The summed E-state index contributed by atoms with van der Waals surface area (Å²) in [6.07, 6.45) is -0.166. The maximum atomic E-state index is 11.7. The number of alkyl halides is 2. The highest BCUT2D eigenvalue weighted by atomic mass is 19.3. The number of Topliss-reactive ketones (excluding diaryl/α,β-unsaturated/α-hetero) is 1. The zero-order chi connectivity index (χ0) is 8.97. The van der Waals surface area contributed by atoms with Gasteiger partial charge in [0, 0.05) is 18.8 Å². The number of nitrogens with zero attached hydrogens (tertiary/aromatic N) is 1. The van der Waals surface area contributed by atoms with Crippen LogP contribution in [0.15, 0.2) is 24.5 Å². The first-order valence-corrected chi connectivity index (χ1v) is 3.40. The molecule has 1 aromatic rings. The summed E-state index contributed by atoms with van der Waals surface area (Å²) in [4.78, 5) is 14.2. The van der Waals surface area contributed by atoms with Crippen molar-refractivity contribution in [2.24, 2.45) is 0 Å². The van der Waals surface area contributed by atoms with Gasteiger partial charge >= 0.3 is 0 Å². The largest absolute Gasteiger partial charge is 0.296 e. The summed E-state index contributed by atoms with van der Waals surface area (Å²) in [7, 11) is 0.